The third-order valence-corrected chi connectivity index (χ3v) is 5.57. The number of likely N-dealkylation sites (N-methyl/N-ethyl adjacent to an activating group) is 1. The molecular weight excluding hydrogens is 507 g/mol. The fourth-order valence-electron chi connectivity index (χ4n) is 3.68. The van der Waals surface area contributed by atoms with Crippen LogP contribution in [0.4, 0.5) is 5.82 Å². The Morgan fingerprint density at radius 1 is 1.23 bits per heavy atom. The average molecular weight is 546 g/mol. The van der Waals surface area contributed by atoms with Gasteiger partial charge in [-0.3, -0.25) is 0 Å². The Morgan fingerprint density at radius 3 is 2.71 bits per heavy atom. The molecule has 2 fully saturated rings. The molecule has 0 spiro atoms. The van der Waals surface area contributed by atoms with Crippen molar-refractivity contribution in [2.24, 2.45) is 4.99 Å². The van der Waals surface area contributed by atoms with Gasteiger partial charge in [-0.25, -0.2) is 9.98 Å². The molecule has 0 bridgehead atoms. The van der Waals surface area contributed by atoms with Gasteiger partial charge in [0.1, 0.15) is 5.82 Å². The third-order valence-electron chi connectivity index (χ3n) is 5.57. The van der Waals surface area contributed by atoms with Gasteiger partial charge in [0.15, 0.2) is 5.96 Å². The predicted octanol–water partition coefficient (Wildman–Crippen LogP) is 2.09. The molecule has 1 atom stereocenters. The number of aromatic nitrogens is 1. The number of piperazine rings is 1. The lowest BCUT2D eigenvalue weighted by Crippen LogP contribution is -2.46. The molecule has 1 aromatic rings. The van der Waals surface area contributed by atoms with E-state index in [0.29, 0.717) is 6.54 Å². The number of anilines is 1. The molecule has 1 aromatic heterocycles. The van der Waals surface area contributed by atoms with E-state index in [2.05, 4.69) is 51.4 Å². The molecule has 3 heterocycles. The minimum atomic E-state index is 0. The first-order chi connectivity index (χ1) is 14.8. The van der Waals surface area contributed by atoms with Crippen LogP contribution >= 0.6 is 24.0 Å². The number of nitrogens with zero attached hydrogens (tertiary/aromatic N) is 4. The van der Waals surface area contributed by atoms with Gasteiger partial charge in [-0.2, -0.15) is 0 Å². The number of rotatable bonds is 10. The highest BCUT2D eigenvalue weighted by molar-refractivity contribution is 14.0. The Labute approximate surface area is 204 Å². The van der Waals surface area contributed by atoms with Crippen LogP contribution in [-0.4, -0.2) is 87.6 Å². The minimum Gasteiger partial charge on any atom is -0.379 e. The predicted molar refractivity (Wildman–Crippen MR) is 137 cm³/mol. The number of guanidine groups is 1. The first-order valence-corrected chi connectivity index (χ1v) is 11.4. The summed E-state index contributed by atoms with van der Waals surface area (Å²) in [6, 6.07) is 4.26. The van der Waals surface area contributed by atoms with Gasteiger partial charge in [0.25, 0.3) is 0 Å². The molecule has 176 valence electrons. The maximum absolute atomic E-state index is 5.81. The molecule has 1 unspecified atom stereocenters. The summed E-state index contributed by atoms with van der Waals surface area (Å²) in [7, 11) is 0. The molecule has 3 rings (SSSR count). The highest BCUT2D eigenvalue weighted by atomic mass is 127. The molecular formula is C22H39IN6O2. The second kappa shape index (κ2) is 14.8. The second-order valence-electron chi connectivity index (χ2n) is 7.78. The van der Waals surface area contributed by atoms with Crippen molar-refractivity contribution in [1.82, 2.24) is 20.5 Å². The minimum absolute atomic E-state index is 0. The highest BCUT2D eigenvalue weighted by Crippen LogP contribution is 2.14. The van der Waals surface area contributed by atoms with Gasteiger partial charge in [0, 0.05) is 58.7 Å². The summed E-state index contributed by atoms with van der Waals surface area (Å²) >= 11 is 0. The number of halogens is 1. The fourth-order valence-corrected chi connectivity index (χ4v) is 3.68. The lowest BCUT2D eigenvalue weighted by molar-refractivity contribution is 0.0420. The number of nitrogens with one attached hydrogen (secondary N) is 2. The molecule has 2 N–H and O–H groups in total. The monoisotopic (exact) mass is 546 g/mol. The van der Waals surface area contributed by atoms with E-state index in [1.807, 2.05) is 6.20 Å². The lowest BCUT2D eigenvalue weighted by atomic mass is 10.2. The molecule has 8 nitrogen and oxygen atoms in total. The largest absolute Gasteiger partial charge is 0.379 e. The van der Waals surface area contributed by atoms with E-state index in [1.165, 1.54) is 0 Å². The van der Waals surface area contributed by atoms with Crippen LogP contribution in [0.1, 0.15) is 32.3 Å². The van der Waals surface area contributed by atoms with Crippen LogP contribution in [0.25, 0.3) is 0 Å². The van der Waals surface area contributed by atoms with Crippen LogP contribution in [0, 0.1) is 0 Å². The van der Waals surface area contributed by atoms with Gasteiger partial charge in [0.2, 0.25) is 0 Å². The Morgan fingerprint density at radius 2 is 2.06 bits per heavy atom. The van der Waals surface area contributed by atoms with Gasteiger partial charge in [-0.15, -0.1) is 24.0 Å². The van der Waals surface area contributed by atoms with Gasteiger partial charge >= 0.3 is 0 Å². The molecule has 9 heteroatoms. The van der Waals surface area contributed by atoms with Crippen molar-refractivity contribution in [3.63, 3.8) is 0 Å². The van der Waals surface area contributed by atoms with Gasteiger partial charge < -0.3 is 29.9 Å². The third kappa shape index (κ3) is 9.07. The summed E-state index contributed by atoms with van der Waals surface area (Å²) in [5.41, 5.74) is 1.12. The Kier molecular flexibility index (Phi) is 12.5. The van der Waals surface area contributed by atoms with E-state index in [1.54, 1.807) is 0 Å². The summed E-state index contributed by atoms with van der Waals surface area (Å²) < 4.78 is 11.1. The lowest BCUT2D eigenvalue weighted by Gasteiger charge is -2.34. The Balaban J connectivity index is 0.00000341. The van der Waals surface area contributed by atoms with Crippen LogP contribution in [-0.2, 0) is 16.0 Å². The van der Waals surface area contributed by atoms with E-state index < -0.39 is 0 Å². The molecule has 0 radical (unpaired) electrons. The highest BCUT2D eigenvalue weighted by Gasteiger charge is 2.17. The van der Waals surface area contributed by atoms with Crippen LogP contribution < -0.4 is 15.5 Å². The zero-order chi connectivity index (χ0) is 21.0. The quantitative estimate of drug-likeness (QED) is 0.202. The summed E-state index contributed by atoms with van der Waals surface area (Å²) in [6.07, 6.45) is 4.19. The zero-order valence-electron chi connectivity index (χ0n) is 19.0. The number of aliphatic imine (C=N–C) groups is 1. The van der Waals surface area contributed by atoms with Gasteiger partial charge in [-0.1, -0.05) is 13.0 Å². The van der Waals surface area contributed by atoms with Crippen molar-refractivity contribution in [1.29, 1.82) is 0 Å². The van der Waals surface area contributed by atoms with E-state index in [4.69, 9.17) is 14.5 Å². The molecule has 2 aliphatic rings. The van der Waals surface area contributed by atoms with Gasteiger partial charge in [0.05, 0.1) is 19.3 Å². The molecule has 0 saturated carbocycles. The van der Waals surface area contributed by atoms with Gasteiger partial charge in [-0.05, 0) is 37.9 Å². The maximum atomic E-state index is 5.81. The normalized spacial score (nSPS) is 19.9. The number of pyridine rings is 1. The summed E-state index contributed by atoms with van der Waals surface area (Å²) in [4.78, 5) is 14.2. The smallest absolute Gasteiger partial charge is 0.191 e. The maximum Gasteiger partial charge on any atom is 0.191 e. The number of ether oxygens (including phenoxy) is 2. The van der Waals surface area contributed by atoms with Crippen LogP contribution in [0.2, 0.25) is 0 Å². The van der Waals surface area contributed by atoms with Crippen molar-refractivity contribution < 1.29 is 9.47 Å². The Bertz CT molecular complexity index is 631. The van der Waals surface area contributed by atoms with E-state index in [0.717, 1.165) is 95.8 Å². The molecule has 2 saturated heterocycles. The first kappa shape index (κ1) is 26.1. The average Bonchev–Trinajstić information content (AvgIpc) is 3.31. The van der Waals surface area contributed by atoms with Crippen molar-refractivity contribution in [2.45, 2.75) is 39.3 Å². The summed E-state index contributed by atoms with van der Waals surface area (Å²) in [6.45, 7) is 14.3. The molecule has 0 aromatic carbocycles. The number of hydrogen-bond acceptors (Lipinski definition) is 6. The second-order valence-corrected chi connectivity index (χ2v) is 7.78. The molecule has 0 aliphatic carbocycles. The van der Waals surface area contributed by atoms with Crippen molar-refractivity contribution in [3.05, 3.63) is 23.9 Å². The Hall–Kier alpha value is -1.17. The zero-order valence-corrected chi connectivity index (χ0v) is 21.3. The SMILES string of the molecule is CCNC(=NCc1ccc(N2CCN(CC)CC2)nc1)NCCCOC1CCOC1.I. The number of hydrogen-bond donors (Lipinski definition) is 2. The van der Waals surface area contributed by atoms with E-state index >= 15 is 0 Å². The molecule has 0 amide bonds. The summed E-state index contributed by atoms with van der Waals surface area (Å²) in [5, 5.41) is 6.69. The summed E-state index contributed by atoms with van der Waals surface area (Å²) in [5.74, 6) is 1.90. The molecule has 2 aliphatic heterocycles. The topological polar surface area (TPSA) is 74.3 Å². The van der Waals surface area contributed by atoms with E-state index in [-0.39, 0.29) is 30.1 Å². The van der Waals surface area contributed by atoms with Crippen molar-refractivity contribution in [2.75, 3.05) is 70.5 Å². The van der Waals surface area contributed by atoms with Crippen molar-refractivity contribution >= 4 is 35.8 Å². The van der Waals surface area contributed by atoms with Crippen LogP contribution in [0.5, 0.6) is 0 Å². The van der Waals surface area contributed by atoms with Crippen LogP contribution in [0.15, 0.2) is 23.3 Å². The van der Waals surface area contributed by atoms with E-state index in [9.17, 15) is 0 Å². The van der Waals surface area contributed by atoms with Crippen LogP contribution in [0.3, 0.4) is 0 Å². The molecule has 31 heavy (non-hydrogen) atoms. The van der Waals surface area contributed by atoms with Crippen molar-refractivity contribution in [3.8, 4) is 0 Å². The standard InChI is InChI=1S/C22H38N6O2.HI/c1-3-23-22(24-9-5-14-30-20-8-15-29-18-20)26-17-19-6-7-21(25-16-19)28-12-10-27(4-2)11-13-28;/h6-7,16,20H,3-5,8-15,17-18H2,1-2H3,(H2,23,24,26);1H. The first-order valence-electron chi connectivity index (χ1n) is 11.4. The fraction of sp³-hybridized carbons (Fsp3) is 0.727.